The summed E-state index contributed by atoms with van der Waals surface area (Å²) >= 11 is 0. The van der Waals surface area contributed by atoms with E-state index < -0.39 is 6.61 Å². The number of para-hydroxylation sites is 1. The summed E-state index contributed by atoms with van der Waals surface area (Å²) in [6, 6.07) is 6.77. The number of hydrogen-bond donors (Lipinski definition) is 2. The molecule has 0 bridgehead atoms. The predicted octanol–water partition coefficient (Wildman–Crippen LogP) is 2.92. The highest BCUT2D eigenvalue weighted by atomic mass is 19.3. The summed E-state index contributed by atoms with van der Waals surface area (Å²) in [7, 11) is 0. The molecule has 0 radical (unpaired) electrons. The van der Waals surface area contributed by atoms with Crippen LogP contribution in [0.5, 0.6) is 5.75 Å². The van der Waals surface area contributed by atoms with Gasteiger partial charge in [-0.15, -0.1) is 0 Å². The lowest BCUT2D eigenvalue weighted by Crippen LogP contribution is -2.15. The molecule has 0 atom stereocenters. The number of aromatic amines is 1. The number of aryl methyl sites for hydroxylation is 2. The van der Waals surface area contributed by atoms with Crippen LogP contribution < -0.4 is 10.1 Å². The van der Waals surface area contributed by atoms with Crippen LogP contribution in [0.4, 0.5) is 8.78 Å². The standard InChI is InChI=1S/C14H17F2N3O/c1-9-12(10(2)19-18-9)8-17-7-11-5-3-4-6-13(11)20-14(15)16/h3-6,14,17H,7-8H2,1-2H3,(H,18,19). The third kappa shape index (κ3) is 3.54. The molecule has 0 spiro atoms. The van der Waals surface area contributed by atoms with Gasteiger partial charge in [0.1, 0.15) is 5.75 Å². The number of rotatable bonds is 6. The molecular formula is C14H17F2N3O. The molecule has 0 aliphatic heterocycles. The Morgan fingerprint density at radius 2 is 2.00 bits per heavy atom. The van der Waals surface area contributed by atoms with Crippen LogP contribution in [0.25, 0.3) is 0 Å². The first-order chi connectivity index (χ1) is 9.58. The zero-order valence-corrected chi connectivity index (χ0v) is 11.4. The molecule has 0 aliphatic carbocycles. The summed E-state index contributed by atoms with van der Waals surface area (Å²) in [5.41, 5.74) is 3.74. The minimum absolute atomic E-state index is 0.204. The predicted molar refractivity (Wildman–Crippen MR) is 71.7 cm³/mol. The van der Waals surface area contributed by atoms with Crippen LogP contribution in [0.15, 0.2) is 24.3 Å². The topological polar surface area (TPSA) is 49.9 Å². The van der Waals surface area contributed by atoms with Crippen LogP contribution in [0, 0.1) is 13.8 Å². The van der Waals surface area contributed by atoms with Crippen molar-refractivity contribution in [3.05, 3.63) is 46.8 Å². The number of aromatic nitrogens is 2. The normalized spacial score (nSPS) is 11.1. The van der Waals surface area contributed by atoms with Gasteiger partial charge < -0.3 is 10.1 Å². The van der Waals surface area contributed by atoms with Gasteiger partial charge in [0, 0.05) is 29.9 Å². The van der Waals surface area contributed by atoms with Crippen LogP contribution in [-0.2, 0) is 13.1 Å². The van der Waals surface area contributed by atoms with Crippen LogP contribution in [0.2, 0.25) is 0 Å². The number of nitrogens with one attached hydrogen (secondary N) is 2. The number of ether oxygens (including phenoxy) is 1. The number of benzene rings is 1. The lowest BCUT2D eigenvalue weighted by atomic mass is 10.1. The SMILES string of the molecule is Cc1n[nH]c(C)c1CNCc1ccccc1OC(F)F. The van der Waals surface area contributed by atoms with Crippen molar-refractivity contribution >= 4 is 0 Å². The number of H-pyrrole nitrogens is 1. The molecule has 6 heteroatoms. The van der Waals surface area contributed by atoms with E-state index in [9.17, 15) is 8.78 Å². The average molecular weight is 281 g/mol. The van der Waals surface area contributed by atoms with Gasteiger partial charge in [0.15, 0.2) is 0 Å². The summed E-state index contributed by atoms with van der Waals surface area (Å²) in [5, 5.41) is 10.2. The second kappa shape index (κ2) is 6.47. The minimum Gasteiger partial charge on any atom is -0.434 e. The Labute approximate surface area is 116 Å². The molecule has 0 fully saturated rings. The molecule has 0 amide bonds. The van der Waals surface area contributed by atoms with E-state index in [-0.39, 0.29) is 5.75 Å². The van der Waals surface area contributed by atoms with Crippen molar-refractivity contribution in [3.63, 3.8) is 0 Å². The van der Waals surface area contributed by atoms with Crippen LogP contribution in [-0.4, -0.2) is 16.8 Å². The molecule has 2 aromatic rings. The Balaban J connectivity index is 1.97. The van der Waals surface area contributed by atoms with E-state index in [2.05, 4.69) is 20.3 Å². The van der Waals surface area contributed by atoms with Crippen molar-refractivity contribution < 1.29 is 13.5 Å². The molecule has 4 nitrogen and oxygen atoms in total. The van der Waals surface area contributed by atoms with E-state index in [1.165, 1.54) is 6.07 Å². The maximum absolute atomic E-state index is 12.3. The second-order valence-corrected chi connectivity index (χ2v) is 4.50. The molecule has 0 saturated carbocycles. The Morgan fingerprint density at radius 3 is 2.65 bits per heavy atom. The van der Waals surface area contributed by atoms with E-state index in [0.29, 0.717) is 18.7 Å². The first kappa shape index (κ1) is 14.5. The van der Waals surface area contributed by atoms with Crippen molar-refractivity contribution in [2.75, 3.05) is 0 Å². The zero-order valence-electron chi connectivity index (χ0n) is 11.4. The lowest BCUT2D eigenvalue weighted by molar-refractivity contribution is -0.0505. The van der Waals surface area contributed by atoms with Gasteiger partial charge in [0.25, 0.3) is 0 Å². The van der Waals surface area contributed by atoms with Crippen LogP contribution in [0.3, 0.4) is 0 Å². The van der Waals surface area contributed by atoms with Crippen LogP contribution >= 0.6 is 0 Å². The molecule has 0 unspecified atom stereocenters. The largest absolute Gasteiger partial charge is 0.434 e. The number of halogens is 2. The Bertz CT molecular complexity index is 550. The molecule has 108 valence electrons. The molecule has 1 aromatic carbocycles. The molecule has 20 heavy (non-hydrogen) atoms. The van der Waals surface area contributed by atoms with Gasteiger partial charge in [-0.05, 0) is 19.9 Å². The maximum Gasteiger partial charge on any atom is 0.387 e. The van der Waals surface area contributed by atoms with Gasteiger partial charge in [-0.3, -0.25) is 5.10 Å². The lowest BCUT2D eigenvalue weighted by Gasteiger charge is -2.11. The van der Waals surface area contributed by atoms with Crippen LogP contribution in [0.1, 0.15) is 22.5 Å². The van der Waals surface area contributed by atoms with Gasteiger partial charge in [0.2, 0.25) is 0 Å². The Morgan fingerprint density at radius 1 is 1.25 bits per heavy atom. The second-order valence-electron chi connectivity index (χ2n) is 4.50. The van der Waals surface area contributed by atoms with Gasteiger partial charge >= 0.3 is 6.61 Å². The molecule has 2 rings (SSSR count). The molecular weight excluding hydrogens is 264 g/mol. The van der Waals surface area contributed by atoms with Gasteiger partial charge in [0.05, 0.1) is 5.69 Å². The molecule has 1 aromatic heterocycles. The van der Waals surface area contributed by atoms with E-state index >= 15 is 0 Å². The number of alkyl halides is 2. The van der Waals surface area contributed by atoms with E-state index in [1.54, 1.807) is 18.2 Å². The number of hydrogen-bond acceptors (Lipinski definition) is 3. The summed E-state index contributed by atoms with van der Waals surface area (Å²) in [5.74, 6) is 0.204. The third-order valence-electron chi connectivity index (χ3n) is 3.09. The summed E-state index contributed by atoms with van der Waals surface area (Å²) in [6.07, 6.45) is 0. The fraction of sp³-hybridized carbons (Fsp3) is 0.357. The Kier molecular flexibility index (Phi) is 4.68. The quantitative estimate of drug-likeness (QED) is 0.856. The first-order valence-corrected chi connectivity index (χ1v) is 6.32. The number of nitrogens with zero attached hydrogens (tertiary/aromatic N) is 1. The van der Waals surface area contributed by atoms with Crippen molar-refractivity contribution in [2.45, 2.75) is 33.5 Å². The summed E-state index contributed by atoms with van der Waals surface area (Å²) < 4.78 is 29.1. The van der Waals surface area contributed by atoms with Gasteiger partial charge in [-0.2, -0.15) is 13.9 Å². The maximum atomic E-state index is 12.3. The fourth-order valence-electron chi connectivity index (χ4n) is 2.02. The molecule has 0 aliphatic rings. The highest BCUT2D eigenvalue weighted by Gasteiger charge is 2.10. The minimum atomic E-state index is -2.81. The fourth-order valence-corrected chi connectivity index (χ4v) is 2.02. The van der Waals surface area contributed by atoms with Gasteiger partial charge in [-0.1, -0.05) is 18.2 Å². The highest BCUT2D eigenvalue weighted by molar-refractivity contribution is 5.33. The third-order valence-corrected chi connectivity index (χ3v) is 3.09. The smallest absolute Gasteiger partial charge is 0.387 e. The van der Waals surface area contributed by atoms with E-state index in [0.717, 1.165) is 17.0 Å². The zero-order chi connectivity index (χ0) is 14.5. The van der Waals surface area contributed by atoms with Gasteiger partial charge in [-0.25, -0.2) is 0 Å². The molecule has 2 N–H and O–H groups in total. The van der Waals surface area contributed by atoms with E-state index in [4.69, 9.17) is 0 Å². The summed E-state index contributed by atoms with van der Waals surface area (Å²) in [4.78, 5) is 0. The van der Waals surface area contributed by atoms with Crippen molar-refractivity contribution in [2.24, 2.45) is 0 Å². The Hall–Kier alpha value is -1.95. The van der Waals surface area contributed by atoms with Crippen molar-refractivity contribution in [1.29, 1.82) is 0 Å². The first-order valence-electron chi connectivity index (χ1n) is 6.32. The highest BCUT2D eigenvalue weighted by Crippen LogP contribution is 2.20. The average Bonchev–Trinajstić information content (AvgIpc) is 2.71. The van der Waals surface area contributed by atoms with Crippen molar-refractivity contribution in [1.82, 2.24) is 15.5 Å². The molecule has 0 saturated heterocycles. The molecule has 1 heterocycles. The van der Waals surface area contributed by atoms with E-state index in [1.807, 2.05) is 13.8 Å². The summed E-state index contributed by atoms with van der Waals surface area (Å²) in [6.45, 7) is 2.14. The monoisotopic (exact) mass is 281 g/mol. The van der Waals surface area contributed by atoms with Crippen molar-refractivity contribution in [3.8, 4) is 5.75 Å².